The Morgan fingerprint density at radius 2 is 1.76 bits per heavy atom. The molecule has 1 amide bonds. The first kappa shape index (κ1) is 19.2. The summed E-state index contributed by atoms with van der Waals surface area (Å²) < 4.78 is 0. The lowest BCUT2D eigenvalue weighted by molar-refractivity contribution is 0.0953. The summed E-state index contributed by atoms with van der Waals surface area (Å²) in [6, 6.07) is 5.46. The summed E-state index contributed by atoms with van der Waals surface area (Å²) in [5.74, 6) is 0.0751. The maximum Gasteiger partial charge on any atom is 0.255 e. The maximum atomic E-state index is 12.3. The molecule has 2 aromatic rings. The number of nitrogen functional groups attached to an aromatic ring is 1. The Kier molecular flexibility index (Phi) is 8.16. The summed E-state index contributed by atoms with van der Waals surface area (Å²) in [4.78, 5) is 20.6. The van der Waals surface area contributed by atoms with Crippen LogP contribution in [0.4, 0.5) is 5.82 Å². The highest BCUT2D eigenvalue weighted by Gasteiger charge is 2.12. The topological polar surface area (TPSA) is 80.9 Å². The minimum atomic E-state index is -0.157. The number of carbonyl (C=O) groups excluding carboxylic acids is 1. The van der Waals surface area contributed by atoms with E-state index in [0.717, 1.165) is 18.2 Å². The molecule has 0 radical (unpaired) electrons. The Hall–Kier alpha value is -2.17. The number of aromatic nitrogens is 2. The molecule has 3 N–H and O–H groups in total. The highest BCUT2D eigenvalue weighted by atomic mass is 16.1. The number of hydrogen-bond donors (Lipinski definition) is 2. The molecular formula is C20H30N4O. The molecule has 0 aliphatic carbocycles. The number of nitrogens with two attached hydrogens (primary N) is 1. The molecule has 0 aliphatic rings. The van der Waals surface area contributed by atoms with Crippen molar-refractivity contribution < 1.29 is 4.79 Å². The van der Waals surface area contributed by atoms with E-state index in [1.807, 2.05) is 12.1 Å². The van der Waals surface area contributed by atoms with E-state index in [1.165, 1.54) is 44.9 Å². The fourth-order valence-electron chi connectivity index (χ4n) is 2.93. The normalized spacial score (nSPS) is 10.9. The summed E-state index contributed by atoms with van der Waals surface area (Å²) in [6.45, 7) is 2.92. The van der Waals surface area contributed by atoms with Crippen LogP contribution in [-0.4, -0.2) is 22.4 Å². The molecule has 25 heavy (non-hydrogen) atoms. The Morgan fingerprint density at radius 1 is 1.08 bits per heavy atom. The van der Waals surface area contributed by atoms with Crippen molar-refractivity contribution in [2.75, 3.05) is 12.3 Å². The number of pyridine rings is 2. The van der Waals surface area contributed by atoms with Gasteiger partial charge in [0, 0.05) is 18.1 Å². The van der Waals surface area contributed by atoms with Crippen molar-refractivity contribution in [3.63, 3.8) is 0 Å². The quantitative estimate of drug-likeness (QED) is 0.590. The van der Waals surface area contributed by atoms with E-state index in [1.54, 1.807) is 12.3 Å². The molecule has 0 fully saturated rings. The van der Waals surface area contributed by atoms with Crippen LogP contribution in [0, 0.1) is 0 Å². The van der Waals surface area contributed by atoms with Crippen LogP contribution in [0.15, 0.2) is 24.4 Å². The Bertz CT molecular complexity index is 672. The van der Waals surface area contributed by atoms with E-state index < -0.39 is 0 Å². The van der Waals surface area contributed by atoms with Gasteiger partial charge in [0.05, 0.1) is 5.56 Å². The van der Waals surface area contributed by atoms with Gasteiger partial charge >= 0.3 is 0 Å². The molecule has 0 bridgehead atoms. The van der Waals surface area contributed by atoms with E-state index in [2.05, 4.69) is 22.2 Å². The van der Waals surface area contributed by atoms with Crippen molar-refractivity contribution in [1.82, 2.24) is 15.3 Å². The molecule has 2 rings (SSSR count). The van der Waals surface area contributed by atoms with Gasteiger partial charge in [-0.2, -0.15) is 0 Å². The molecule has 136 valence electrons. The molecule has 0 spiro atoms. The van der Waals surface area contributed by atoms with Crippen LogP contribution in [0.1, 0.15) is 75.1 Å². The highest BCUT2D eigenvalue weighted by Crippen LogP contribution is 2.16. The van der Waals surface area contributed by atoms with Crippen LogP contribution < -0.4 is 11.1 Å². The van der Waals surface area contributed by atoms with Gasteiger partial charge in [0.15, 0.2) is 5.65 Å². The van der Waals surface area contributed by atoms with Gasteiger partial charge < -0.3 is 11.1 Å². The van der Waals surface area contributed by atoms with E-state index in [4.69, 9.17) is 5.73 Å². The first-order valence-electron chi connectivity index (χ1n) is 9.52. The van der Waals surface area contributed by atoms with Crippen molar-refractivity contribution in [2.45, 2.75) is 64.7 Å². The number of nitrogens with one attached hydrogen (secondary N) is 1. The van der Waals surface area contributed by atoms with Gasteiger partial charge in [0.1, 0.15) is 5.82 Å². The van der Waals surface area contributed by atoms with Crippen LogP contribution in [0.2, 0.25) is 0 Å². The number of amides is 1. The average Bonchev–Trinajstić information content (AvgIpc) is 2.62. The van der Waals surface area contributed by atoms with Crippen molar-refractivity contribution in [3.05, 3.63) is 30.0 Å². The third kappa shape index (κ3) is 6.33. The number of anilines is 1. The van der Waals surface area contributed by atoms with Gasteiger partial charge in [-0.15, -0.1) is 0 Å². The molecule has 5 heteroatoms. The van der Waals surface area contributed by atoms with Crippen LogP contribution in [-0.2, 0) is 0 Å². The fraction of sp³-hybridized carbons (Fsp3) is 0.550. The van der Waals surface area contributed by atoms with Crippen LogP contribution in [0.3, 0.4) is 0 Å². The summed E-state index contributed by atoms with van der Waals surface area (Å²) in [7, 11) is 0. The predicted octanol–water partition coefficient (Wildman–Crippen LogP) is 4.47. The molecule has 2 aromatic heterocycles. The van der Waals surface area contributed by atoms with Crippen LogP contribution in [0.5, 0.6) is 0 Å². The van der Waals surface area contributed by atoms with Crippen molar-refractivity contribution in [1.29, 1.82) is 0 Å². The van der Waals surface area contributed by atoms with Gasteiger partial charge in [-0.25, -0.2) is 9.97 Å². The minimum Gasteiger partial charge on any atom is -0.383 e. The molecule has 0 aromatic carbocycles. The zero-order chi connectivity index (χ0) is 17.9. The molecule has 0 aliphatic heterocycles. The molecule has 5 nitrogen and oxygen atoms in total. The van der Waals surface area contributed by atoms with Gasteiger partial charge in [0.2, 0.25) is 0 Å². The zero-order valence-corrected chi connectivity index (χ0v) is 15.3. The zero-order valence-electron chi connectivity index (χ0n) is 15.3. The van der Waals surface area contributed by atoms with Gasteiger partial charge in [-0.1, -0.05) is 58.3 Å². The third-order valence-electron chi connectivity index (χ3n) is 4.43. The monoisotopic (exact) mass is 342 g/mol. The molecule has 0 saturated heterocycles. The number of nitrogens with zero attached hydrogens (tertiary/aromatic N) is 2. The summed E-state index contributed by atoms with van der Waals surface area (Å²) in [5, 5.41) is 3.77. The molecule has 0 saturated carbocycles. The second-order valence-corrected chi connectivity index (χ2v) is 6.56. The van der Waals surface area contributed by atoms with Gasteiger partial charge in [-0.3, -0.25) is 4.79 Å². The summed E-state index contributed by atoms with van der Waals surface area (Å²) in [5.41, 5.74) is 6.89. The predicted molar refractivity (Wildman–Crippen MR) is 104 cm³/mol. The lowest BCUT2D eigenvalue weighted by atomic mass is 10.1. The first-order valence-corrected chi connectivity index (χ1v) is 9.52. The SMILES string of the molecule is CCCCCCCCCCCNC(=O)c1cc2cccnc2nc1N. The van der Waals surface area contributed by atoms with Gasteiger partial charge in [0.25, 0.3) is 5.91 Å². The number of carbonyl (C=O) groups is 1. The Labute approximate surface area is 150 Å². The molecule has 0 atom stereocenters. The van der Waals surface area contributed by atoms with Crippen LogP contribution in [0.25, 0.3) is 11.0 Å². The second-order valence-electron chi connectivity index (χ2n) is 6.56. The number of fused-ring (bicyclic) bond motifs is 1. The Morgan fingerprint density at radius 3 is 2.48 bits per heavy atom. The summed E-state index contributed by atoms with van der Waals surface area (Å²) in [6.07, 6.45) is 13.1. The molecular weight excluding hydrogens is 312 g/mol. The number of rotatable bonds is 11. The van der Waals surface area contributed by atoms with Crippen LogP contribution >= 0.6 is 0 Å². The number of hydrogen-bond acceptors (Lipinski definition) is 4. The largest absolute Gasteiger partial charge is 0.383 e. The lowest BCUT2D eigenvalue weighted by Crippen LogP contribution is -2.25. The van der Waals surface area contributed by atoms with E-state index >= 15 is 0 Å². The van der Waals surface area contributed by atoms with Gasteiger partial charge in [-0.05, 0) is 24.6 Å². The third-order valence-corrected chi connectivity index (χ3v) is 4.43. The molecule has 2 heterocycles. The van der Waals surface area contributed by atoms with Crippen molar-refractivity contribution >= 4 is 22.8 Å². The minimum absolute atomic E-state index is 0.157. The van der Waals surface area contributed by atoms with E-state index in [0.29, 0.717) is 17.8 Å². The van der Waals surface area contributed by atoms with Crippen molar-refractivity contribution in [3.8, 4) is 0 Å². The fourth-order valence-corrected chi connectivity index (χ4v) is 2.93. The lowest BCUT2D eigenvalue weighted by Gasteiger charge is -2.08. The maximum absolute atomic E-state index is 12.3. The molecule has 0 unspecified atom stereocenters. The van der Waals surface area contributed by atoms with E-state index in [-0.39, 0.29) is 11.7 Å². The highest BCUT2D eigenvalue weighted by molar-refractivity contribution is 6.01. The van der Waals surface area contributed by atoms with Crippen molar-refractivity contribution in [2.24, 2.45) is 0 Å². The average molecular weight is 342 g/mol. The Balaban J connectivity index is 1.66. The van der Waals surface area contributed by atoms with E-state index in [9.17, 15) is 4.79 Å². The number of unbranched alkanes of at least 4 members (excludes halogenated alkanes) is 8. The first-order chi connectivity index (χ1) is 12.2. The smallest absolute Gasteiger partial charge is 0.255 e. The summed E-state index contributed by atoms with van der Waals surface area (Å²) >= 11 is 0. The standard InChI is InChI=1S/C20H30N4O/c1-2-3-4-5-6-7-8-9-10-13-23-20(25)17-15-16-12-11-14-22-19(16)24-18(17)21/h11-12,14-15H,2-10,13H2,1H3,(H,23,25)(H2,21,22,24). The second kappa shape index (κ2) is 10.6.